The van der Waals surface area contributed by atoms with Gasteiger partial charge < -0.3 is 10.6 Å². The fraction of sp³-hybridized carbons (Fsp3) is 0.250. The molecule has 1 aromatic heterocycles. The number of anilines is 1. The van der Waals surface area contributed by atoms with E-state index in [0.717, 1.165) is 18.2 Å². The standard InChI is InChI=1S/C16H19N3O3S/c1-23(21,22)14-8-5-10-18-16(14)19-12-15(20)17-11-9-13-6-3-2-4-7-13/h2-8,10H,9,11-12H2,1H3,(H,17,20)(H,18,19). The molecule has 0 bridgehead atoms. The average Bonchev–Trinajstić information content (AvgIpc) is 2.53. The largest absolute Gasteiger partial charge is 0.360 e. The van der Waals surface area contributed by atoms with Gasteiger partial charge in [-0.05, 0) is 24.1 Å². The lowest BCUT2D eigenvalue weighted by atomic mass is 10.1. The van der Waals surface area contributed by atoms with Crippen LogP contribution in [0.2, 0.25) is 0 Å². The summed E-state index contributed by atoms with van der Waals surface area (Å²) in [7, 11) is -3.39. The van der Waals surface area contributed by atoms with Gasteiger partial charge in [-0.2, -0.15) is 0 Å². The molecule has 0 radical (unpaired) electrons. The molecule has 2 rings (SSSR count). The second-order valence-electron chi connectivity index (χ2n) is 5.06. The lowest BCUT2D eigenvalue weighted by Gasteiger charge is -2.10. The molecule has 2 N–H and O–H groups in total. The molecule has 6 nitrogen and oxygen atoms in total. The number of pyridine rings is 1. The molecule has 0 fully saturated rings. The van der Waals surface area contributed by atoms with E-state index in [1.54, 1.807) is 6.07 Å². The molecule has 0 atom stereocenters. The normalized spacial score (nSPS) is 11.0. The molecular formula is C16H19N3O3S. The van der Waals surface area contributed by atoms with Crippen LogP contribution in [0.4, 0.5) is 5.82 Å². The first-order valence-corrected chi connectivity index (χ1v) is 9.05. The number of nitrogens with one attached hydrogen (secondary N) is 2. The Kier molecular flexibility index (Phi) is 5.70. The van der Waals surface area contributed by atoms with Crippen LogP contribution in [0.3, 0.4) is 0 Å². The minimum absolute atomic E-state index is 0.0334. The van der Waals surface area contributed by atoms with E-state index >= 15 is 0 Å². The van der Waals surface area contributed by atoms with E-state index < -0.39 is 9.84 Å². The van der Waals surface area contributed by atoms with Gasteiger partial charge in [-0.25, -0.2) is 13.4 Å². The van der Waals surface area contributed by atoms with Crippen LogP contribution in [0, 0.1) is 0 Å². The Morgan fingerprint density at radius 2 is 1.87 bits per heavy atom. The summed E-state index contributed by atoms with van der Waals surface area (Å²) >= 11 is 0. The first kappa shape index (κ1) is 17.0. The summed E-state index contributed by atoms with van der Waals surface area (Å²) in [4.78, 5) is 15.9. The van der Waals surface area contributed by atoms with Crippen molar-refractivity contribution in [3.63, 3.8) is 0 Å². The van der Waals surface area contributed by atoms with Crippen molar-refractivity contribution in [1.82, 2.24) is 10.3 Å². The van der Waals surface area contributed by atoms with Crippen molar-refractivity contribution in [1.29, 1.82) is 0 Å². The highest BCUT2D eigenvalue weighted by molar-refractivity contribution is 7.90. The third-order valence-corrected chi connectivity index (χ3v) is 4.29. The topological polar surface area (TPSA) is 88.2 Å². The molecule has 0 saturated heterocycles. The molecule has 0 unspecified atom stereocenters. The maximum Gasteiger partial charge on any atom is 0.239 e. The zero-order valence-electron chi connectivity index (χ0n) is 12.8. The van der Waals surface area contributed by atoms with Gasteiger partial charge >= 0.3 is 0 Å². The first-order valence-electron chi connectivity index (χ1n) is 7.16. The molecule has 1 amide bonds. The van der Waals surface area contributed by atoms with Crippen LogP contribution in [0.1, 0.15) is 5.56 Å². The van der Waals surface area contributed by atoms with Gasteiger partial charge in [-0.3, -0.25) is 4.79 Å². The van der Waals surface area contributed by atoms with Crippen molar-refractivity contribution >= 4 is 21.6 Å². The smallest absolute Gasteiger partial charge is 0.239 e. The summed E-state index contributed by atoms with van der Waals surface area (Å²) in [5.41, 5.74) is 1.14. The van der Waals surface area contributed by atoms with Crippen LogP contribution < -0.4 is 10.6 Å². The number of nitrogens with zero attached hydrogens (tertiary/aromatic N) is 1. The first-order chi connectivity index (χ1) is 11.0. The third-order valence-electron chi connectivity index (χ3n) is 3.17. The van der Waals surface area contributed by atoms with Crippen molar-refractivity contribution in [3.05, 3.63) is 54.2 Å². The molecule has 0 saturated carbocycles. The fourth-order valence-corrected chi connectivity index (χ4v) is 2.84. The Hall–Kier alpha value is -2.41. The van der Waals surface area contributed by atoms with Crippen molar-refractivity contribution < 1.29 is 13.2 Å². The molecule has 0 aliphatic rings. The lowest BCUT2D eigenvalue weighted by molar-refractivity contribution is -0.119. The fourth-order valence-electron chi connectivity index (χ4n) is 2.04. The SMILES string of the molecule is CS(=O)(=O)c1cccnc1NCC(=O)NCCc1ccccc1. The summed E-state index contributed by atoms with van der Waals surface area (Å²) in [6, 6.07) is 12.8. The molecule has 0 aliphatic carbocycles. The van der Waals surface area contributed by atoms with Crippen molar-refractivity contribution in [2.24, 2.45) is 0 Å². The molecule has 7 heteroatoms. The van der Waals surface area contributed by atoms with E-state index in [1.165, 1.54) is 12.3 Å². The minimum atomic E-state index is -3.39. The maximum absolute atomic E-state index is 11.8. The number of hydrogen-bond acceptors (Lipinski definition) is 5. The number of benzene rings is 1. The highest BCUT2D eigenvalue weighted by atomic mass is 32.2. The monoisotopic (exact) mass is 333 g/mol. The van der Waals surface area contributed by atoms with Crippen molar-refractivity contribution in [2.75, 3.05) is 24.7 Å². The zero-order chi connectivity index (χ0) is 16.7. The Bertz CT molecular complexity index is 761. The number of carbonyl (C=O) groups is 1. The second-order valence-corrected chi connectivity index (χ2v) is 7.05. The minimum Gasteiger partial charge on any atom is -0.360 e. The van der Waals surface area contributed by atoms with Crippen LogP contribution >= 0.6 is 0 Å². The van der Waals surface area contributed by atoms with Crippen molar-refractivity contribution in [3.8, 4) is 0 Å². The Labute approximate surface area is 135 Å². The molecule has 0 aliphatic heterocycles. The summed E-state index contributed by atoms with van der Waals surface area (Å²) in [5.74, 6) is -0.0285. The van der Waals surface area contributed by atoms with Gasteiger partial charge in [0.25, 0.3) is 0 Å². The Balaban J connectivity index is 1.83. The predicted octanol–water partition coefficient (Wildman–Crippen LogP) is 1.26. The number of aromatic nitrogens is 1. The van der Waals surface area contributed by atoms with Crippen LogP contribution in [0.15, 0.2) is 53.6 Å². The number of rotatable bonds is 7. The lowest BCUT2D eigenvalue weighted by Crippen LogP contribution is -2.31. The van der Waals surface area contributed by atoms with Gasteiger partial charge in [-0.1, -0.05) is 30.3 Å². The van der Waals surface area contributed by atoms with E-state index in [1.807, 2.05) is 30.3 Å². The van der Waals surface area contributed by atoms with Crippen LogP contribution in [-0.4, -0.2) is 38.7 Å². The summed E-state index contributed by atoms with van der Waals surface area (Å²) in [5, 5.41) is 5.55. The second kappa shape index (κ2) is 7.73. The quantitative estimate of drug-likeness (QED) is 0.796. The van der Waals surface area contributed by atoms with Gasteiger partial charge in [0.05, 0.1) is 6.54 Å². The predicted molar refractivity (Wildman–Crippen MR) is 89.0 cm³/mol. The molecule has 2 aromatic rings. The maximum atomic E-state index is 11.8. The van der Waals surface area contributed by atoms with Gasteiger partial charge in [0.1, 0.15) is 10.7 Å². The van der Waals surface area contributed by atoms with E-state index in [-0.39, 0.29) is 23.2 Å². The average molecular weight is 333 g/mol. The number of hydrogen-bond donors (Lipinski definition) is 2. The van der Waals surface area contributed by atoms with Crippen LogP contribution in [0.5, 0.6) is 0 Å². The molecule has 1 aromatic carbocycles. The van der Waals surface area contributed by atoms with E-state index in [0.29, 0.717) is 6.54 Å². The van der Waals surface area contributed by atoms with Gasteiger partial charge in [-0.15, -0.1) is 0 Å². The number of carbonyl (C=O) groups excluding carboxylic acids is 1. The molecule has 23 heavy (non-hydrogen) atoms. The summed E-state index contributed by atoms with van der Waals surface area (Å²) in [6.07, 6.45) is 3.32. The highest BCUT2D eigenvalue weighted by Crippen LogP contribution is 2.17. The third kappa shape index (κ3) is 5.37. The summed E-state index contributed by atoms with van der Waals surface area (Å²) < 4.78 is 23.3. The van der Waals surface area contributed by atoms with Gasteiger partial charge in [0.15, 0.2) is 9.84 Å². The van der Waals surface area contributed by atoms with E-state index in [4.69, 9.17) is 0 Å². The Morgan fingerprint density at radius 1 is 1.13 bits per heavy atom. The van der Waals surface area contributed by atoms with Gasteiger partial charge in [0.2, 0.25) is 5.91 Å². The highest BCUT2D eigenvalue weighted by Gasteiger charge is 2.14. The van der Waals surface area contributed by atoms with Crippen LogP contribution in [-0.2, 0) is 21.1 Å². The van der Waals surface area contributed by atoms with Crippen LogP contribution in [0.25, 0.3) is 0 Å². The van der Waals surface area contributed by atoms with Gasteiger partial charge in [0, 0.05) is 19.0 Å². The molecule has 1 heterocycles. The molecular weight excluding hydrogens is 314 g/mol. The van der Waals surface area contributed by atoms with Crippen molar-refractivity contribution in [2.45, 2.75) is 11.3 Å². The molecule has 122 valence electrons. The Morgan fingerprint density at radius 3 is 2.57 bits per heavy atom. The summed E-state index contributed by atoms with van der Waals surface area (Å²) in [6.45, 7) is 0.486. The number of sulfone groups is 1. The van der Waals surface area contributed by atoms with E-state index in [2.05, 4.69) is 15.6 Å². The number of amides is 1. The molecule has 0 spiro atoms. The van der Waals surface area contributed by atoms with E-state index in [9.17, 15) is 13.2 Å². The zero-order valence-corrected chi connectivity index (χ0v) is 13.6.